The highest BCUT2D eigenvalue weighted by Gasteiger charge is 2.21. The van der Waals surface area contributed by atoms with Crippen molar-refractivity contribution in [2.24, 2.45) is 5.92 Å². The minimum atomic E-state index is -2.82. The fraction of sp³-hybridized carbons (Fsp3) is 0.538. The van der Waals surface area contributed by atoms with Crippen molar-refractivity contribution < 1.29 is 18.6 Å². The quantitative estimate of drug-likeness (QED) is 0.806. The van der Waals surface area contributed by atoms with E-state index < -0.39 is 12.7 Å². The first-order valence-electron chi connectivity index (χ1n) is 5.82. The van der Waals surface area contributed by atoms with Crippen LogP contribution in [0, 0.1) is 5.92 Å². The number of fused-ring (bicyclic) bond motifs is 1. The van der Waals surface area contributed by atoms with Gasteiger partial charge in [0.05, 0.1) is 6.10 Å². The van der Waals surface area contributed by atoms with E-state index in [1.807, 2.05) is 0 Å². The van der Waals surface area contributed by atoms with E-state index in [1.54, 1.807) is 6.07 Å². The second kappa shape index (κ2) is 5.00. The molecule has 0 radical (unpaired) electrons. The lowest BCUT2D eigenvalue weighted by Crippen LogP contribution is -2.05. The fourth-order valence-electron chi connectivity index (χ4n) is 2.31. The topological polar surface area (TPSA) is 29.5 Å². The Balaban J connectivity index is 2.27. The molecule has 2 rings (SSSR count). The number of aliphatic hydroxyl groups is 1. The number of rotatable bonds is 2. The average Bonchev–Trinajstić information content (AvgIpc) is 2.38. The van der Waals surface area contributed by atoms with Crippen LogP contribution in [-0.2, 0) is 6.42 Å². The van der Waals surface area contributed by atoms with E-state index in [1.165, 1.54) is 12.1 Å². The Morgan fingerprint density at radius 1 is 1.41 bits per heavy atom. The maximum Gasteiger partial charge on any atom is 0.387 e. The number of aryl methyl sites for hydroxylation is 1. The van der Waals surface area contributed by atoms with Crippen LogP contribution in [-0.4, -0.2) is 11.7 Å². The summed E-state index contributed by atoms with van der Waals surface area (Å²) in [6.07, 6.45) is 1.98. The Hall–Kier alpha value is -1.16. The molecule has 1 aromatic rings. The van der Waals surface area contributed by atoms with Gasteiger partial charge in [0.2, 0.25) is 0 Å². The molecule has 1 aromatic carbocycles. The van der Waals surface area contributed by atoms with Gasteiger partial charge in [-0.15, -0.1) is 0 Å². The molecule has 0 saturated carbocycles. The number of benzene rings is 1. The van der Waals surface area contributed by atoms with Crippen molar-refractivity contribution in [2.75, 3.05) is 0 Å². The van der Waals surface area contributed by atoms with Crippen molar-refractivity contribution in [1.29, 1.82) is 0 Å². The van der Waals surface area contributed by atoms with E-state index in [9.17, 15) is 13.9 Å². The molecular formula is C13H16F2O2. The van der Waals surface area contributed by atoms with Crippen LogP contribution in [0.3, 0.4) is 0 Å². The number of halogens is 2. The first-order chi connectivity index (χ1) is 8.06. The normalized spacial score (nSPS) is 24.3. The lowest BCUT2D eigenvalue weighted by atomic mass is 9.99. The molecule has 0 saturated heterocycles. The minimum Gasteiger partial charge on any atom is -0.435 e. The molecule has 1 N–H and O–H groups in total. The number of hydrogen-bond acceptors (Lipinski definition) is 2. The molecule has 0 heterocycles. The maximum atomic E-state index is 12.1. The van der Waals surface area contributed by atoms with Gasteiger partial charge in [0.15, 0.2) is 0 Å². The summed E-state index contributed by atoms with van der Waals surface area (Å²) in [4.78, 5) is 0. The first kappa shape index (κ1) is 12.3. The molecular weight excluding hydrogens is 226 g/mol. The van der Waals surface area contributed by atoms with E-state index in [0.29, 0.717) is 12.3 Å². The summed E-state index contributed by atoms with van der Waals surface area (Å²) >= 11 is 0. The van der Waals surface area contributed by atoms with Crippen LogP contribution < -0.4 is 4.74 Å². The van der Waals surface area contributed by atoms with Gasteiger partial charge in [-0.25, -0.2) is 0 Å². The van der Waals surface area contributed by atoms with Gasteiger partial charge >= 0.3 is 6.61 Å². The van der Waals surface area contributed by atoms with Crippen molar-refractivity contribution in [3.8, 4) is 5.75 Å². The third kappa shape index (κ3) is 2.94. The Morgan fingerprint density at radius 3 is 2.88 bits per heavy atom. The first-order valence-corrected chi connectivity index (χ1v) is 5.82. The van der Waals surface area contributed by atoms with Crippen LogP contribution in [0.5, 0.6) is 5.75 Å². The van der Waals surface area contributed by atoms with Crippen molar-refractivity contribution >= 4 is 0 Å². The van der Waals surface area contributed by atoms with Crippen LogP contribution in [0.1, 0.15) is 37.0 Å². The molecule has 2 unspecified atom stereocenters. The van der Waals surface area contributed by atoms with Crippen molar-refractivity contribution in [2.45, 2.75) is 38.9 Å². The molecule has 0 spiro atoms. The Morgan fingerprint density at radius 2 is 2.18 bits per heavy atom. The molecule has 0 aromatic heterocycles. The zero-order chi connectivity index (χ0) is 12.4. The van der Waals surface area contributed by atoms with Crippen LogP contribution in [0.4, 0.5) is 8.78 Å². The van der Waals surface area contributed by atoms with Crippen LogP contribution >= 0.6 is 0 Å². The second-order valence-corrected chi connectivity index (χ2v) is 4.63. The lowest BCUT2D eigenvalue weighted by molar-refractivity contribution is -0.0500. The summed E-state index contributed by atoms with van der Waals surface area (Å²) in [6.45, 7) is -0.735. The van der Waals surface area contributed by atoms with Gasteiger partial charge in [-0.1, -0.05) is 13.0 Å². The van der Waals surface area contributed by atoms with Crippen molar-refractivity contribution in [3.05, 3.63) is 29.3 Å². The highest BCUT2D eigenvalue weighted by molar-refractivity contribution is 5.38. The third-order valence-electron chi connectivity index (χ3n) is 3.23. The highest BCUT2D eigenvalue weighted by atomic mass is 19.3. The average molecular weight is 242 g/mol. The third-order valence-corrected chi connectivity index (χ3v) is 3.23. The standard InChI is InChI=1S/C13H16F2O2/c1-8-2-3-9-4-5-10(17-13(14)15)7-11(9)12(16)6-8/h4-5,7-8,12-13,16H,2-3,6H2,1H3. The lowest BCUT2D eigenvalue weighted by Gasteiger charge is -2.14. The zero-order valence-electron chi connectivity index (χ0n) is 9.70. The van der Waals surface area contributed by atoms with Crippen molar-refractivity contribution in [3.63, 3.8) is 0 Å². The molecule has 1 aliphatic carbocycles. The largest absolute Gasteiger partial charge is 0.435 e. The van der Waals surface area contributed by atoms with E-state index >= 15 is 0 Å². The number of aliphatic hydroxyl groups excluding tert-OH is 1. The van der Waals surface area contributed by atoms with Crippen LogP contribution in [0.2, 0.25) is 0 Å². The molecule has 0 amide bonds. The predicted molar refractivity (Wildman–Crippen MR) is 60.1 cm³/mol. The minimum absolute atomic E-state index is 0.118. The van der Waals surface area contributed by atoms with Gasteiger partial charge in [0.1, 0.15) is 5.75 Å². The molecule has 17 heavy (non-hydrogen) atoms. The Labute approximate surface area is 99.2 Å². The SMILES string of the molecule is CC1CCc2ccc(OC(F)F)cc2C(O)C1. The summed E-state index contributed by atoms with van der Waals surface area (Å²) in [5, 5.41) is 10.0. The van der Waals surface area contributed by atoms with Gasteiger partial charge in [-0.2, -0.15) is 8.78 Å². The molecule has 4 heteroatoms. The fourth-order valence-corrected chi connectivity index (χ4v) is 2.31. The molecule has 2 atom stereocenters. The number of hydrogen-bond donors (Lipinski definition) is 1. The summed E-state index contributed by atoms with van der Waals surface area (Å²) in [6, 6.07) is 4.84. The Kier molecular flexibility index (Phi) is 3.62. The van der Waals surface area contributed by atoms with Crippen LogP contribution in [0.25, 0.3) is 0 Å². The molecule has 0 aliphatic heterocycles. The zero-order valence-corrected chi connectivity index (χ0v) is 9.70. The predicted octanol–water partition coefficient (Wildman–Crippen LogP) is 3.29. The van der Waals surface area contributed by atoms with E-state index in [0.717, 1.165) is 24.0 Å². The van der Waals surface area contributed by atoms with Crippen LogP contribution in [0.15, 0.2) is 18.2 Å². The van der Waals surface area contributed by atoms with Gasteiger partial charge in [0.25, 0.3) is 0 Å². The van der Waals surface area contributed by atoms with E-state index in [4.69, 9.17) is 0 Å². The van der Waals surface area contributed by atoms with Gasteiger partial charge in [-0.05, 0) is 48.4 Å². The molecule has 94 valence electrons. The Bertz CT molecular complexity index is 393. The van der Waals surface area contributed by atoms with Gasteiger partial charge in [0, 0.05) is 0 Å². The van der Waals surface area contributed by atoms with E-state index in [-0.39, 0.29) is 5.75 Å². The monoisotopic (exact) mass is 242 g/mol. The van der Waals surface area contributed by atoms with Gasteiger partial charge in [-0.3, -0.25) is 0 Å². The second-order valence-electron chi connectivity index (χ2n) is 4.63. The van der Waals surface area contributed by atoms with E-state index in [2.05, 4.69) is 11.7 Å². The summed E-state index contributed by atoms with van der Waals surface area (Å²) < 4.78 is 28.6. The number of alkyl halides is 2. The maximum absolute atomic E-state index is 12.1. The van der Waals surface area contributed by atoms with Crippen molar-refractivity contribution in [1.82, 2.24) is 0 Å². The molecule has 1 aliphatic rings. The molecule has 2 nitrogen and oxygen atoms in total. The summed E-state index contributed by atoms with van der Waals surface area (Å²) in [5.74, 6) is 0.559. The highest BCUT2D eigenvalue weighted by Crippen LogP contribution is 2.34. The molecule has 0 bridgehead atoms. The number of ether oxygens (including phenoxy) is 1. The van der Waals surface area contributed by atoms with Gasteiger partial charge < -0.3 is 9.84 Å². The summed E-state index contributed by atoms with van der Waals surface area (Å²) in [7, 11) is 0. The smallest absolute Gasteiger partial charge is 0.387 e. The molecule has 0 fully saturated rings. The summed E-state index contributed by atoms with van der Waals surface area (Å²) in [5.41, 5.74) is 1.76.